The highest BCUT2D eigenvalue weighted by Crippen LogP contribution is 2.37. The van der Waals surface area contributed by atoms with Gasteiger partial charge in [-0.3, -0.25) is 4.99 Å². The third-order valence-corrected chi connectivity index (χ3v) is 4.02. The van der Waals surface area contributed by atoms with Crippen molar-refractivity contribution in [3.05, 3.63) is 22.4 Å². The monoisotopic (exact) mass is 291 g/mol. The van der Waals surface area contributed by atoms with Crippen molar-refractivity contribution < 1.29 is 13.2 Å². The topological polar surface area (TPSA) is 50.4 Å². The summed E-state index contributed by atoms with van der Waals surface area (Å²) >= 11 is 1.62. The van der Waals surface area contributed by atoms with Gasteiger partial charge in [0, 0.05) is 17.8 Å². The molecule has 0 unspecified atom stereocenters. The van der Waals surface area contributed by atoms with Gasteiger partial charge in [0.05, 0.1) is 17.8 Å². The Morgan fingerprint density at radius 1 is 1.47 bits per heavy atom. The molecule has 106 valence electrons. The number of alkyl halides is 3. The van der Waals surface area contributed by atoms with Crippen molar-refractivity contribution in [1.82, 2.24) is 5.32 Å². The highest BCUT2D eigenvalue weighted by molar-refractivity contribution is 7.09. The van der Waals surface area contributed by atoms with Crippen LogP contribution in [-0.4, -0.2) is 24.6 Å². The van der Waals surface area contributed by atoms with E-state index in [1.54, 1.807) is 11.3 Å². The third kappa shape index (κ3) is 3.94. The van der Waals surface area contributed by atoms with Gasteiger partial charge in [-0.05, 0) is 24.4 Å². The van der Waals surface area contributed by atoms with E-state index in [-0.39, 0.29) is 12.3 Å². The SMILES string of the molecule is NC1=N[C@@H](CCNCc2cccs2)[C@H](C(F)(F)F)C1. The minimum Gasteiger partial charge on any atom is -0.387 e. The van der Waals surface area contributed by atoms with Crippen molar-refractivity contribution in [1.29, 1.82) is 0 Å². The number of aliphatic imine (C=N–C) groups is 1. The number of hydrogen-bond donors (Lipinski definition) is 2. The first-order valence-electron chi connectivity index (χ1n) is 6.09. The maximum absolute atomic E-state index is 12.8. The van der Waals surface area contributed by atoms with E-state index in [1.165, 1.54) is 4.88 Å². The molecule has 7 heteroatoms. The summed E-state index contributed by atoms with van der Waals surface area (Å²) in [6, 6.07) is 3.20. The molecule has 2 heterocycles. The van der Waals surface area contributed by atoms with Crippen LogP contribution in [-0.2, 0) is 6.54 Å². The third-order valence-electron chi connectivity index (χ3n) is 3.14. The van der Waals surface area contributed by atoms with Crippen LogP contribution in [0.15, 0.2) is 22.5 Å². The first-order valence-corrected chi connectivity index (χ1v) is 6.96. The van der Waals surface area contributed by atoms with Crippen LogP contribution in [0.4, 0.5) is 13.2 Å². The Hall–Kier alpha value is -1.08. The molecule has 1 aromatic heterocycles. The number of nitrogens with two attached hydrogens (primary N) is 1. The summed E-state index contributed by atoms with van der Waals surface area (Å²) in [5.41, 5.74) is 5.42. The molecule has 2 rings (SSSR count). The molecular formula is C12H16F3N3S. The molecule has 0 saturated carbocycles. The lowest BCUT2D eigenvalue weighted by Crippen LogP contribution is -2.32. The summed E-state index contributed by atoms with van der Waals surface area (Å²) in [4.78, 5) is 5.08. The second-order valence-corrected chi connectivity index (χ2v) is 5.62. The molecule has 0 amide bonds. The molecule has 1 aliphatic rings. The second kappa shape index (κ2) is 5.92. The van der Waals surface area contributed by atoms with Crippen LogP contribution in [0.25, 0.3) is 0 Å². The fourth-order valence-electron chi connectivity index (χ4n) is 2.19. The van der Waals surface area contributed by atoms with E-state index in [4.69, 9.17) is 5.73 Å². The second-order valence-electron chi connectivity index (χ2n) is 4.58. The van der Waals surface area contributed by atoms with Crippen LogP contribution >= 0.6 is 11.3 Å². The van der Waals surface area contributed by atoms with Crippen molar-refractivity contribution in [2.45, 2.75) is 31.6 Å². The van der Waals surface area contributed by atoms with Crippen LogP contribution in [0.5, 0.6) is 0 Å². The van der Waals surface area contributed by atoms with Gasteiger partial charge in [0.15, 0.2) is 0 Å². The molecule has 19 heavy (non-hydrogen) atoms. The number of nitrogens with one attached hydrogen (secondary N) is 1. The average Bonchev–Trinajstić information content (AvgIpc) is 2.93. The quantitative estimate of drug-likeness (QED) is 0.819. The molecule has 0 saturated heterocycles. The molecule has 2 atom stereocenters. The predicted octanol–water partition coefficient (Wildman–Crippen LogP) is 2.54. The van der Waals surface area contributed by atoms with Crippen molar-refractivity contribution in [3.8, 4) is 0 Å². The van der Waals surface area contributed by atoms with Gasteiger partial charge in [0.2, 0.25) is 0 Å². The summed E-state index contributed by atoms with van der Waals surface area (Å²) in [7, 11) is 0. The van der Waals surface area contributed by atoms with Crippen LogP contribution < -0.4 is 11.1 Å². The van der Waals surface area contributed by atoms with Crippen molar-refractivity contribution in [3.63, 3.8) is 0 Å². The Bertz CT molecular complexity index is 428. The predicted molar refractivity (Wildman–Crippen MR) is 70.2 cm³/mol. The number of amidine groups is 1. The molecule has 0 radical (unpaired) electrons. The maximum Gasteiger partial charge on any atom is 0.394 e. The molecule has 0 aromatic carbocycles. The lowest BCUT2D eigenvalue weighted by molar-refractivity contribution is -0.175. The van der Waals surface area contributed by atoms with Crippen LogP contribution in [0.2, 0.25) is 0 Å². The zero-order valence-electron chi connectivity index (χ0n) is 10.3. The highest BCUT2D eigenvalue weighted by Gasteiger charge is 2.47. The summed E-state index contributed by atoms with van der Waals surface area (Å²) < 4.78 is 38.3. The zero-order chi connectivity index (χ0) is 13.9. The van der Waals surface area contributed by atoms with E-state index in [1.807, 2.05) is 17.5 Å². The Balaban J connectivity index is 1.77. The molecular weight excluding hydrogens is 275 g/mol. The van der Waals surface area contributed by atoms with Crippen molar-refractivity contribution in [2.24, 2.45) is 16.6 Å². The fourth-order valence-corrected chi connectivity index (χ4v) is 2.87. The summed E-state index contributed by atoms with van der Waals surface area (Å²) in [5, 5.41) is 5.11. The lowest BCUT2D eigenvalue weighted by Gasteiger charge is -2.20. The highest BCUT2D eigenvalue weighted by atomic mass is 32.1. The van der Waals surface area contributed by atoms with Crippen LogP contribution in [0, 0.1) is 5.92 Å². The number of hydrogen-bond acceptors (Lipinski definition) is 4. The number of halogens is 3. The van der Waals surface area contributed by atoms with Gasteiger partial charge in [-0.1, -0.05) is 6.07 Å². The molecule has 3 nitrogen and oxygen atoms in total. The summed E-state index contributed by atoms with van der Waals surface area (Å²) in [6.45, 7) is 1.19. The van der Waals surface area contributed by atoms with Gasteiger partial charge in [0.1, 0.15) is 0 Å². The molecule has 1 aliphatic heterocycles. The Morgan fingerprint density at radius 3 is 2.89 bits per heavy atom. The molecule has 0 bridgehead atoms. The van der Waals surface area contributed by atoms with E-state index in [0.717, 1.165) is 0 Å². The minimum absolute atomic E-state index is 0.116. The van der Waals surface area contributed by atoms with E-state index >= 15 is 0 Å². The number of rotatable bonds is 5. The minimum atomic E-state index is -4.22. The van der Waals surface area contributed by atoms with Crippen LogP contribution in [0.1, 0.15) is 17.7 Å². The van der Waals surface area contributed by atoms with Gasteiger partial charge in [-0.15, -0.1) is 11.3 Å². The number of nitrogens with zero attached hydrogens (tertiary/aromatic N) is 1. The van der Waals surface area contributed by atoms with Gasteiger partial charge in [0.25, 0.3) is 0 Å². The molecule has 1 aromatic rings. The molecule has 0 aliphatic carbocycles. The molecule has 3 N–H and O–H groups in total. The standard InChI is InChI=1S/C12H16F3N3S/c13-12(14,15)9-6-11(16)18-10(9)3-4-17-7-8-2-1-5-19-8/h1-2,5,9-10,17H,3-4,6-7H2,(H2,16,18)/t9-,10+/m1/s1. The van der Waals surface area contributed by atoms with E-state index in [0.29, 0.717) is 19.5 Å². The zero-order valence-corrected chi connectivity index (χ0v) is 11.1. The smallest absolute Gasteiger partial charge is 0.387 e. The van der Waals surface area contributed by atoms with Gasteiger partial charge in [-0.25, -0.2) is 0 Å². The average molecular weight is 291 g/mol. The fraction of sp³-hybridized carbons (Fsp3) is 0.583. The Morgan fingerprint density at radius 2 is 2.26 bits per heavy atom. The maximum atomic E-state index is 12.8. The van der Waals surface area contributed by atoms with E-state index in [2.05, 4.69) is 10.3 Å². The molecule has 0 fully saturated rings. The van der Waals surface area contributed by atoms with E-state index in [9.17, 15) is 13.2 Å². The lowest BCUT2D eigenvalue weighted by atomic mass is 9.96. The first kappa shape index (κ1) is 14.3. The Kier molecular flexibility index (Phi) is 4.46. The van der Waals surface area contributed by atoms with Gasteiger partial charge in [-0.2, -0.15) is 13.2 Å². The van der Waals surface area contributed by atoms with E-state index < -0.39 is 18.1 Å². The summed E-state index contributed by atoms with van der Waals surface area (Å²) in [6.07, 6.45) is -4.03. The van der Waals surface area contributed by atoms with Crippen molar-refractivity contribution in [2.75, 3.05) is 6.54 Å². The van der Waals surface area contributed by atoms with Crippen molar-refractivity contribution >= 4 is 17.2 Å². The summed E-state index contributed by atoms with van der Waals surface area (Å²) in [5.74, 6) is -1.30. The Labute approximate surface area is 113 Å². The van der Waals surface area contributed by atoms with Gasteiger partial charge < -0.3 is 11.1 Å². The first-order chi connectivity index (χ1) is 8.97. The number of thiophene rings is 1. The molecule has 0 spiro atoms. The largest absolute Gasteiger partial charge is 0.394 e. The normalized spacial score (nSPS) is 23.6. The van der Waals surface area contributed by atoms with Gasteiger partial charge >= 0.3 is 6.18 Å². The van der Waals surface area contributed by atoms with Crippen LogP contribution in [0.3, 0.4) is 0 Å².